The molecule has 1 aliphatic carbocycles. The Kier molecular flexibility index (Phi) is 4.48. The molecular weight excluding hydrogens is 258 g/mol. The predicted octanol–water partition coefficient (Wildman–Crippen LogP) is 2.03. The SMILES string of the molecule is CCNC1(C#N)CCCC(Sc2nnc(C)n2C)C1. The number of aryl methyl sites for hydroxylation is 1. The van der Waals surface area contributed by atoms with Crippen LogP contribution in [0.5, 0.6) is 0 Å². The van der Waals surface area contributed by atoms with Crippen molar-refractivity contribution in [1.82, 2.24) is 20.1 Å². The molecule has 1 aromatic rings. The molecule has 0 amide bonds. The van der Waals surface area contributed by atoms with Crippen LogP contribution in [-0.4, -0.2) is 32.1 Å². The number of hydrogen-bond acceptors (Lipinski definition) is 5. The van der Waals surface area contributed by atoms with E-state index in [1.54, 1.807) is 11.8 Å². The first-order valence-corrected chi connectivity index (χ1v) is 7.67. The Balaban J connectivity index is 2.06. The first-order valence-electron chi connectivity index (χ1n) is 6.79. The van der Waals surface area contributed by atoms with Gasteiger partial charge >= 0.3 is 0 Å². The molecular formula is C13H21N5S. The molecule has 0 aliphatic heterocycles. The summed E-state index contributed by atoms with van der Waals surface area (Å²) < 4.78 is 2.01. The minimum Gasteiger partial charge on any atom is -0.309 e. The summed E-state index contributed by atoms with van der Waals surface area (Å²) in [6, 6.07) is 2.49. The predicted molar refractivity (Wildman–Crippen MR) is 75.9 cm³/mol. The van der Waals surface area contributed by atoms with Crippen molar-refractivity contribution >= 4 is 11.8 Å². The lowest BCUT2D eigenvalue weighted by Gasteiger charge is -2.35. The second-order valence-electron chi connectivity index (χ2n) is 5.15. The Bertz CT molecular complexity index is 474. The van der Waals surface area contributed by atoms with Crippen LogP contribution in [0.4, 0.5) is 0 Å². The molecule has 2 unspecified atom stereocenters. The number of nitrogens with one attached hydrogen (secondary N) is 1. The number of hydrogen-bond donors (Lipinski definition) is 1. The van der Waals surface area contributed by atoms with Crippen molar-refractivity contribution in [2.75, 3.05) is 6.54 Å². The van der Waals surface area contributed by atoms with Crippen LogP contribution in [0.15, 0.2) is 5.16 Å². The highest BCUT2D eigenvalue weighted by molar-refractivity contribution is 7.99. The number of nitrogens with zero attached hydrogens (tertiary/aromatic N) is 4. The molecule has 1 fully saturated rings. The molecule has 1 N–H and O–H groups in total. The van der Waals surface area contributed by atoms with Crippen molar-refractivity contribution in [1.29, 1.82) is 5.26 Å². The van der Waals surface area contributed by atoms with Gasteiger partial charge in [-0.25, -0.2) is 0 Å². The molecule has 1 heterocycles. The Morgan fingerprint density at radius 1 is 1.58 bits per heavy atom. The van der Waals surface area contributed by atoms with E-state index in [9.17, 15) is 5.26 Å². The fraction of sp³-hybridized carbons (Fsp3) is 0.769. The van der Waals surface area contributed by atoms with Crippen LogP contribution in [-0.2, 0) is 7.05 Å². The largest absolute Gasteiger partial charge is 0.309 e. The monoisotopic (exact) mass is 279 g/mol. The van der Waals surface area contributed by atoms with E-state index in [0.29, 0.717) is 5.25 Å². The maximum atomic E-state index is 9.46. The van der Waals surface area contributed by atoms with E-state index >= 15 is 0 Å². The molecule has 1 saturated carbocycles. The number of thioether (sulfide) groups is 1. The molecule has 1 aromatic heterocycles. The lowest BCUT2D eigenvalue weighted by atomic mass is 9.82. The van der Waals surface area contributed by atoms with Crippen molar-refractivity contribution in [3.63, 3.8) is 0 Å². The summed E-state index contributed by atoms with van der Waals surface area (Å²) in [6.07, 6.45) is 4.07. The Hall–Kier alpha value is -1.06. The smallest absolute Gasteiger partial charge is 0.191 e. The van der Waals surface area contributed by atoms with Gasteiger partial charge in [-0.05, 0) is 39.2 Å². The van der Waals surface area contributed by atoms with Crippen LogP contribution in [0.25, 0.3) is 0 Å². The minimum absolute atomic E-state index is 0.349. The second-order valence-corrected chi connectivity index (χ2v) is 6.42. The van der Waals surface area contributed by atoms with Gasteiger partial charge in [0.1, 0.15) is 11.4 Å². The fourth-order valence-electron chi connectivity index (χ4n) is 2.60. The van der Waals surface area contributed by atoms with Gasteiger partial charge in [-0.1, -0.05) is 18.7 Å². The molecule has 1 aliphatic rings. The van der Waals surface area contributed by atoms with Gasteiger partial charge in [0.25, 0.3) is 0 Å². The highest BCUT2D eigenvalue weighted by Crippen LogP contribution is 2.37. The van der Waals surface area contributed by atoms with Crippen molar-refractivity contribution in [3.05, 3.63) is 5.82 Å². The average molecular weight is 279 g/mol. The minimum atomic E-state index is -0.349. The van der Waals surface area contributed by atoms with E-state index in [-0.39, 0.29) is 5.54 Å². The van der Waals surface area contributed by atoms with Gasteiger partial charge in [0, 0.05) is 12.3 Å². The highest BCUT2D eigenvalue weighted by Gasteiger charge is 2.36. The van der Waals surface area contributed by atoms with E-state index < -0.39 is 0 Å². The van der Waals surface area contributed by atoms with Crippen LogP contribution >= 0.6 is 11.8 Å². The molecule has 0 radical (unpaired) electrons. The van der Waals surface area contributed by atoms with Gasteiger partial charge in [0.2, 0.25) is 0 Å². The molecule has 0 bridgehead atoms. The van der Waals surface area contributed by atoms with Crippen molar-refractivity contribution in [3.8, 4) is 6.07 Å². The Labute approximate surface area is 118 Å². The van der Waals surface area contributed by atoms with Crippen LogP contribution < -0.4 is 5.32 Å². The summed E-state index contributed by atoms with van der Waals surface area (Å²) in [6.45, 7) is 4.85. The molecule has 104 valence electrons. The van der Waals surface area contributed by atoms with E-state index in [1.807, 2.05) is 18.5 Å². The van der Waals surface area contributed by atoms with Gasteiger partial charge in [-0.3, -0.25) is 5.32 Å². The molecule has 2 rings (SSSR count). The summed E-state index contributed by atoms with van der Waals surface area (Å²) in [4.78, 5) is 0. The second kappa shape index (κ2) is 5.93. The summed E-state index contributed by atoms with van der Waals surface area (Å²) in [5.41, 5.74) is -0.349. The van der Waals surface area contributed by atoms with Gasteiger partial charge < -0.3 is 4.57 Å². The Morgan fingerprint density at radius 2 is 2.37 bits per heavy atom. The van der Waals surface area contributed by atoms with Gasteiger partial charge in [-0.15, -0.1) is 10.2 Å². The molecule has 0 saturated heterocycles. The zero-order chi connectivity index (χ0) is 13.9. The van der Waals surface area contributed by atoms with E-state index in [4.69, 9.17) is 0 Å². The van der Waals surface area contributed by atoms with Crippen LogP contribution in [0.1, 0.15) is 38.4 Å². The lowest BCUT2D eigenvalue weighted by Crippen LogP contribution is -2.48. The summed E-state index contributed by atoms with van der Waals surface area (Å²) in [5, 5.41) is 22.5. The quantitative estimate of drug-likeness (QED) is 0.913. The van der Waals surface area contributed by atoms with Crippen LogP contribution in [0, 0.1) is 18.3 Å². The van der Waals surface area contributed by atoms with Gasteiger partial charge in [-0.2, -0.15) is 5.26 Å². The average Bonchev–Trinajstić information content (AvgIpc) is 2.72. The van der Waals surface area contributed by atoms with Crippen LogP contribution in [0.3, 0.4) is 0 Å². The summed E-state index contributed by atoms with van der Waals surface area (Å²) >= 11 is 1.75. The summed E-state index contributed by atoms with van der Waals surface area (Å²) in [5.74, 6) is 0.927. The first-order chi connectivity index (χ1) is 9.10. The van der Waals surface area contributed by atoms with Crippen molar-refractivity contribution in [2.45, 2.75) is 55.5 Å². The van der Waals surface area contributed by atoms with Gasteiger partial charge in [0.05, 0.1) is 6.07 Å². The molecule has 0 aromatic carbocycles. The Morgan fingerprint density at radius 3 is 2.95 bits per heavy atom. The standard InChI is InChI=1S/C13H21N5S/c1-4-15-13(9-14)7-5-6-11(8-13)19-12-17-16-10(2)18(12)3/h11,15H,4-8H2,1-3H3. The zero-order valence-corrected chi connectivity index (χ0v) is 12.6. The van der Waals surface area contributed by atoms with Crippen molar-refractivity contribution in [2.24, 2.45) is 7.05 Å². The van der Waals surface area contributed by atoms with Crippen molar-refractivity contribution < 1.29 is 0 Å². The maximum absolute atomic E-state index is 9.46. The molecule has 5 nitrogen and oxygen atoms in total. The van der Waals surface area contributed by atoms with E-state index in [0.717, 1.165) is 43.2 Å². The lowest BCUT2D eigenvalue weighted by molar-refractivity contribution is 0.309. The zero-order valence-electron chi connectivity index (χ0n) is 11.8. The molecule has 6 heteroatoms. The third-order valence-corrected chi connectivity index (χ3v) is 5.06. The normalized spacial score (nSPS) is 27.2. The maximum Gasteiger partial charge on any atom is 0.191 e. The number of aromatic nitrogens is 3. The van der Waals surface area contributed by atoms with E-state index in [1.165, 1.54) is 0 Å². The number of nitriles is 1. The molecule has 2 atom stereocenters. The molecule has 0 spiro atoms. The summed E-state index contributed by atoms with van der Waals surface area (Å²) in [7, 11) is 1.99. The molecule has 19 heavy (non-hydrogen) atoms. The number of rotatable bonds is 4. The fourth-order valence-corrected chi connectivity index (χ4v) is 3.93. The van der Waals surface area contributed by atoms with E-state index in [2.05, 4.69) is 28.5 Å². The van der Waals surface area contributed by atoms with Crippen LogP contribution in [0.2, 0.25) is 0 Å². The first kappa shape index (κ1) is 14.4. The third-order valence-electron chi connectivity index (χ3n) is 3.76. The highest BCUT2D eigenvalue weighted by atomic mass is 32.2. The topological polar surface area (TPSA) is 66.5 Å². The third kappa shape index (κ3) is 3.10. The van der Waals surface area contributed by atoms with Gasteiger partial charge in [0.15, 0.2) is 5.16 Å².